The summed E-state index contributed by atoms with van der Waals surface area (Å²) >= 11 is 0. The molecule has 4 heteroatoms. The van der Waals surface area contributed by atoms with Gasteiger partial charge in [-0.2, -0.15) is 0 Å². The third-order valence-electron chi connectivity index (χ3n) is 2.69. The minimum atomic E-state index is -0.507. The van der Waals surface area contributed by atoms with E-state index in [-0.39, 0.29) is 18.6 Å². The molecule has 0 aromatic heterocycles. The molecule has 0 saturated heterocycles. The molecule has 0 aliphatic carbocycles. The molecule has 4 nitrogen and oxygen atoms in total. The van der Waals surface area contributed by atoms with Crippen LogP contribution in [-0.4, -0.2) is 41.9 Å². The van der Waals surface area contributed by atoms with Crippen molar-refractivity contribution in [2.75, 3.05) is 20.2 Å². The number of carbonyl (C=O) groups excluding carboxylic acids is 1. The first-order valence-electron chi connectivity index (χ1n) is 6.43. The van der Waals surface area contributed by atoms with Crippen LogP contribution in [0.5, 0.6) is 0 Å². The molecule has 1 rings (SSSR count). The molecular formula is C15H23NO3. The molecule has 0 saturated carbocycles. The molecule has 0 radical (unpaired) electrons. The predicted octanol–water partition coefficient (Wildman–Crippen LogP) is 2.63. The molecule has 0 bridgehead atoms. The Kier molecular flexibility index (Phi) is 5.36. The third kappa shape index (κ3) is 5.30. The number of likely N-dealkylation sites (N-methyl/N-ethyl adjacent to an activating group) is 1. The maximum atomic E-state index is 11.9. The number of rotatable bonds is 4. The van der Waals surface area contributed by atoms with Crippen LogP contribution in [0.3, 0.4) is 0 Å². The Bertz CT molecular complexity index is 398. The topological polar surface area (TPSA) is 49.8 Å². The lowest BCUT2D eigenvalue weighted by Crippen LogP contribution is -2.37. The summed E-state index contributed by atoms with van der Waals surface area (Å²) in [6, 6.07) is 9.67. The summed E-state index contributed by atoms with van der Waals surface area (Å²) in [5, 5.41) is 9.46. The van der Waals surface area contributed by atoms with Gasteiger partial charge in [-0.1, -0.05) is 30.3 Å². The predicted molar refractivity (Wildman–Crippen MR) is 75.1 cm³/mol. The summed E-state index contributed by atoms with van der Waals surface area (Å²) < 4.78 is 5.29. The van der Waals surface area contributed by atoms with Crippen LogP contribution in [-0.2, 0) is 4.74 Å². The van der Waals surface area contributed by atoms with E-state index in [2.05, 4.69) is 0 Å². The van der Waals surface area contributed by atoms with Crippen LogP contribution in [0.4, 0.5) is 4.79 Å². The minimum absolute atomic E-state index is 0.00283. The zero-order valence-electron chi connectivity index (χ0n) is 12.1. The van der Waals surface area contributed by atoms with Crippen LogP contribution in [0.2, 0.25) is 0 Å². The quantitative estimate of drug-likeness (QED) is 0.910. The summed E-state index contributed by atoms with van der Waals surface area (Å²) in [4.78, 5) is 13.4. The highest BCUT2D eigenvalue weighted by atomic mass is 16.6. The van der Waals surface area contributed by atoms with E-state index >= 15 is 0 Å². The first-order valence-corrected chi connectivity index (χ1v) is 6.43. The van der Waals surface area contributed by atoms with Crippen LogP contribution < -0.4 is 0 Å². The van der Waals surface area contributed by atoms with Crippen LogP contribution >= 0.6 is 0 Å². The van der Waals surface area contributed by atoms with Gasteiger partial charge >= 0.3 is 6.09 Å². The van der Waals surface area contributed by atoms with Gasteiger partial charge < -0.3 is 14.7 Å². The molecule has 1 atom stereocenters. The lowest BCUT2D eigenvalue weighted by atomic mass is 10.00. The Morgan fingerprint density at radius 1 is 1.32 bits per heavy atom. The van der Waals surface area contributed by atoms with Gasteiger partial charge in [0, 0.05) is 19.5 Å². The van der Waals surface area contributed by atoms with Crippen LogP contribution in [0, 0.1) is 0 Å². The molecule has 1 amide bonds. The van der Waals surface area contributed by atoms with E-state index in [0.717, 1.165) is 5.56 Å². The number of carbonyl (C=O) groups is 1. The van der Waals surface area contributed by atoms with Crippen molar-refractivity contribution in [3.05, 3.63) is 35.9 Å². The molecule has 1 N–H and O–H groups in total. The Hall–Kier alpha value is -1.55. The SMILES string of the molecule is CN(C[C@H](CO)c1ccccc1)C(=O)OC(C)(C)C. The van der Waals surface area contributed by atoms with E-state index in [0.29, 0.717) is 6.54 Å². The number of aliphatic hydroxyl groups is 1. The van der Waals surface area contributed by atoms with Crippen LogP contribution in [0.15, 0.2) is 30.3 Å². The molecule has 0 unspecified atom stereocenters. The van der Waals surface area contributed by atoms with Crippen molar-refractivity contribution in [1.82, 2.24) is 4.90 Å². The van der Waals surface area contributed by atoms with Crippen LogP contribution in [0.25, 0.3) is 0 Å². The maximum Gasteiger partial charge on any atom is 0.410 e. The van der Waals surface area contributed by atoms with Crippen molar-refractivity contribution < 1.29 is 14.6 Å². The van der Waals surface area contributed by atoms with Gasteiger partial charge in [0.1, 0.15) is 5.60 Å². The van der Waals surface area contributed by atoms with Gasteiger partial charge in [-0.15, -0.1) is 0 Å². The standard InChI is InChI=1S/C15H23NO3/c1-15(2,3)19-14(18)16(4)10-13(11-17)12-8-6-5-7-9-12/h5-9,13,17H,10-11H2,1-4H3/t13-/m1/s1. The largest absolute Gasteiger partial charge is 0.444 e. The maximum absolute atomic E-state index is 11.9. The average Bonchev–Trinajstić information content (AvgIpc) is 2.34. The molecule has 1 aromatic carbocycles. The molecule has 0 fully saturated rings. The van der Waals surface area contributed by atoms with Crippen molar-refractivity contribution in [2.24, 2.45) is 0 Å². The van der Waals surface area contributed by atoms with Crippen molar-refractivity contribution >= 4 is 6.09 Å². The first kappa shape index (κ1) is 15.5. The van der Waals surface area contributed by atoms with Crippen molar-refractivity contribution in [1.29, 1.82) is 0 Å². The molecule has 106 valence electrons. The van der Waals surface area contributed by atoms with E-state index in [9.17, 15) is 9.90 Å². The van der Waals surface area contributed by atoms with Gasteiger partial charge in [0.25, 0.3) is 0 Å². The number of aliphatic hydroxyl groups excluding tert-OH is 1. The zero-order valence-corrected chi connectivity index (χ0v) is 12.1. The molecule has 0 aliphatic rings. The van der Waals surface area contributed by atoms with Crippen molar-refractivity contribution in [3.63, 3.8) is 0 Å². The summed E-state index contributed by atoms with van der Waals surface area (Å²) in [5.41, 5.74) is 0.507. The molecule has 1 aromatic rings. The second kappa shape index (κ2) is 6.57. The summed E-state index contributed by atoms with van der Waals surface area (Å²) in [6.07, 6.45) is -0.373. The highest BCUT2D eigenvalue weighted by Crippen LogP contribution is 2.17. The monoisotopic (exact) mass is 265 g/mol. The highest BCUT2D eigenvalue weighted by molar-refractivity contribution is 5.67. The average molecular weight is 265 g/mol. The van der Waals surface area contributed by atoms with Gasteiger partial charge in [-0.25, -0.2) is 4.79 Å². The fraction of sp³-hybridized carbons (Fsp3) is 0.533. The number of hydrogen-bond acceptors (Lipinski definition) is 3. The lowest BCUT2D eigenvalue weighted by molar-refractivity contribution is 0.0279. The van der Waals surface area contributed by atoms with E-state index in [4.69, 9.17) is 4.74 Å². The van der Waals surface area contributed by atoms with Gasteiger partial charge in [-0.05, 0) is 26.3 Å². The van der Waals surface area contributed by atoms with Crippen molar-refractivity contribution in [3.8, 4) is 0 Å². The minimum Gasteiger partial charge on any atom is -0.444 e. The Labute approximate surface area is 115 Å². The Morgan fingerprint density at radius 2 is 1.89 bits per heavy atom. The lowest BCUT2D eigenvalue weighted by Gasteiger charge is -2.27. The fourth-order valence-corrected chi connectivity index (χ4v) is 1.74. The summed E-state index contributed by atoms with van der Waals surface area (Å²) in [6.45, 7) is 5.92. The van der Waals surface area contributed by atoms with Gasteiger partial charge in [0.15, 0.2) is 0 Å². The summed E-state index contributed by atoms with van der Waals surface area (Å²) in [5.74, 6) is -0.0984. The highest BCUT2D eigenvalue weighted by Gasteiger charge is 2.22. The Balaban J connectivity index is 2.64. The fourth-order valence-electron chi connectivity index (χ4n) is 1.74. The number of benzene rings is 1. The third-order valence-corrected chi connectivity index (χ3v) is 2.69. The van der Waals surface area contributed by atoms with Gasteiger partial charge in [-0.3, -0.25) is 0 Å². The Morgan fingerprint density at radius 3 is 2.37 bits per heavy atom. The normalized spacial score (nSPS) is 12.9. The first-order chi connectivity index (χ1) is 8.83. The molecule has 0 heterocycles. The number of nitrogens with zero attached hydrogens (tertiary/aromatic N) is 1. The molecule has 0 aliphatic heterocycles. The second-order valence-corrected chi connectivity index (χ2v) is 5.65. The van der Waals surface area contributed by atoms with E-state index in [1.165, 1.54) is 4.90 Å². The summed E-state index contributed by atoms with van der Waals surface area (Å²) in [7, 11) is 1.68. The van der Waals surface area contributed by atoms with Gasteiger partial charge in [0.05, 0.1) is 6.61 Å². The van der Waals surface area contributed by atoms with E-state index < -0.39 is 5.60 Å². The van der Waals surface area contributed by atoms with E-state index in [1.807, 2.05) is 51.1 Å². The number of amides is 1. The number of hydrogen-bond donors (Lipinski definition) is 1. The van der Waals surface area contributed by atoms with E-state index in [1.54, 1.807) is 7.05 Å². The molecule has 19 heavy (non-hydrogen) atoms. The molecule has 0 spiro atoms. The molecular weight excluding hydrogens is 242 g/mol. The second-order valence-electron chi connectivity index (χ2n) is 5.65. The van der Waals surface area contributed by atoms with Gasteiger partial charge in [0.2, 0.25) is 0 Å². The van der Waals surface area contributed by atoms with Crippen LogP contribution in [0.1, 0.15) is 32.3 Å². The van der Waals surface area contributed by atoms with Crippen molar-refractivity contribution in [2.45, 2.75) is 32.3 Å². The number of ether oxygens (including phenoxy) is 1. The smallest absolute Gasteiger partial charge is 0.410 e. The zero-order chi connectivity index (χ0) is 14.5.